The topological polar surface area (TPSA) is 9.23 Å². The summed E-state index contributed by atoms with van der Waals surface area (Å²) in [6, 6.07) is 1.41. The highest BCUT2D eigenvalue weighted by Crippen LogP contribution is 2.33. The SMILES string of the molecule is Fc1ccc(OC(F)(F)F)c(C(F)F)c1. The molecule has 0 fully saturated rings. The van der Waals surface area contributed by atoms with E-state index in [0.717, 1.165) is 0 Å². The Hall–Kier alpha value is -1.40. The molecule has 1 aromatic rings. The molecule has 1 nitrogen and oxygen atoms in total. The third kappa shape index (κ3) is 3.34. The summed E-state index contributed by atoms with van der Waals surface area (Å²) in [5.41, 5.74) is -1.13. The van der Waals surface area contributed by atoms with Crippen LogP contribution < -0.4 is 4.74 Å². The van der Waals surface area contributed by atoms with Crippen molar-refractivity contribution >= 4 is 0 Å². The van der Waals surface area contributed by atoms with Gasteiger partial charge in [0.25, 0.3) is 6.43 Å². The van der Waals surface area contributed by atoms with E-state index in [1.54, 1.807) is 0 Å². The minimum absolute atomic E-state index is 0.297. The van der Waals surface area contributed by atoms with Gasteiger partial charge in [-0.3, -0.25) is 0 Å². The highest BCUT2D eigenvalue weighted by molar-refractivity contribution is 5.35. The quantitative estimate of drug-likeness (QED) is 0.704. The van der Waals surface area contributed by atoms with Crippen molar-refractivity contribution in [3.63, 3.8) is 0 Å². The Balaban J connectivity index is 3.06. The molecule has 7 heteroatoms. The van der Waals surface area contributed by atoms with Gasteiger partial charge in [-0.2, -0.15) is 0 Å². The lowest BCUT2D eigenvalue weighted by Gasteiger charge is -2.12. The van der Waals surface area contributed by atoms with Gasteiger partial charge < -0.3 is 4.74 Å². The Morgan fingerprint density at radius 3 is 2.20 bits per heavy atom. The van der Waals surface area contributed by atoms with Crippen LogP contribution in [0.2, 0.25) is 0 Å². The fourth-order valence-corrected chi connectivity index (χ4v) is 0.907. The van der Waals surface area contributed by atoms with Gasteiger partial charge in [-0.05, 0) is 18.2 Å². The van der Waals surface area contributed by atoms with Gasteiger partial charge in [0.1, 0.15) is 11.6 Å². The predicted octanol–water partition coefficient (Wildman–Crippen LogP) is 3.66. The van der Waals surface area contributed by atoms with E-state index in [2.05, 4.69) is 4.74 Å². The molecule has 15 heavy (non-hydrogen) atoms. The summed E-state index contributed by atoms with van der Waals surface area (Å²) < 4.78 is 75.3. The minimum atomic E-state index is -5.08. The average molecular weight is 230 g/mol. The molecule has 84 valence electrons. The van der Waals surface area contributed by atoms with Crippen LogP contribution in [-0.2, 0) is 0 Å². The van der Waals surface area contributed by atoms with Gasteiger partial charge in [-0.1, -0.05) is 0 Å². The van der Waals surface area contributed by atoms with Crippen molar-refractivity contribution in [3.05, 3.63) is 29.6 Å². The molecule has 0 unspecified atom stereocenters. The minimum Gasteiger partial charge on any atom is -0.405 e. The lowest BCUT2D eigenvalue weighted by molar-refractivity contribution is -0.275. The second-order valence-corrected chi connectivity index (χ2v) is 2.53. The number of ether oxygens (including phenoxy) is 1. The smallest absolute Gasteiger partial charge is 0.405 e. The summed E-state index contributed by atoms with van der Waals surface area (Å²) in [5, 5.41) is 0. The Kier molecular flexibility index (Phi) is 3.11. The van der Waals surface area contributed by atoms with E-state index in [-0.39, 0.29) is 0 Å². The van der Waals surface area contributed by atoms with Crippen LogP contribution in [0.25, 0.3) is 0 Å². The Bertz CT molecular complexity index is 345. The lowest BCUT2D eigenvalue weighted by Crippen LogP contribution is -2.18. The first-order chi connectivity index (χ1) is 6.79. The molecular formula is C8H4F6O. The van der Waals surface area contributed by atoms with Crippen molar-refractivity contribution in [2.75, 3.05) is 0 Å². The van der Waals surface area contributed by atoms with Crippen molar-refractivity contribution < 1.29 is 31.1 Å². The first kappa shape index (κ1) is 11.7. The molecule has 1 aromatic carbocycles. The first-order valence-electron chi connectivity index (χ1n) is 3.63. The van der Waals surface area contributed by atoms with E-state index in [1.807, 2.05) is 0 Å². The van der Waals surface area contributed by atoms with E-state index >= 15 is 0 Å². The van der Waals surface area contributed by atoms with E-state index in [0.29, 0.717) is 18.2 Å². The third-order valence-electron chi connectivity index (χ3n) is 1.43. The molecule has 0 radical (unpaired) electrons. The van der Waals surface area contributed by atoms with Gasteiger partial charge in [0.15, 0.2) is 0 Å². The van der Waals surface area contributed by atoms with Crippen molar-refractivity contribution in [1.82, 2.24) is 0 Å². The molecule has 0 aromatic heterocycles. The van der Waals surface area contributed by atoms with Crippen LogP contribution >= 0.6 is 0 Å². The zero-order valence-corrected chi connectivity index (χ0v) is 6.99. The Morgan fingerprint density at radius 1 is 1.13 bits per heavy atom. The largest absolute Gasteiger partial charge is 0.573 e. The molecule has 0 amide bonds. The van der Waals surface area contributed by atoms with Gasteiger partial charge in [0.2, 0.25) is 0 Å². The maximum atomic E-state index is 12.5. The second-order valence-electron chi connectivity index (χ2n) is 2.53. The first-order valence-corrected chi connectivity index (χ1v) is 3.63. The fraction of sp³-hybridized carbons (Fsp3) is 0.250. The number of hydrogen-bond acceptors (Lipinski definition) is 1. The Labute approximate surface area is 80.3 Å². The predicted molar refractivity (Wildman–Crippen MR) is 38.0 cm³/mol. The van der Waals surface area contributed by atoms with Crippen molar-refractivity contribution in [2.45, 2.75) is 12.8 Å². The monoisotopic (exact) mass is 230 g/mol. The van der Waals surface area contributed by atoms with Crippen LogP contribution in [0.15, 0.2) is 18.2 Å². The number of rotatable bonds is 2. The zero-order valence-electron chi connectivity index (χ0n) is 6.99. The normalized spacial score (nSPS) is 11.9. The number of hydrogen-bond donors (Lipinski definition) is 0. The van der Waals surface area contributed by atoms with Gasteiger partial charge in [-0.25, -0.2) is 13.2 Å². The highest BCUT2D eigenvalue weighted by atomic mass is 19.4. The van der Waals surface area contributed by atoms with Gasteiger partial charge in [0, 0.05) is 0 Å². The Morgan fingerprint density at radius 2 is 1.73 bits per heavy atom. The molecule has 0 atom stereocenters. The maximum Gasteiger partial charge on any atom is 0.573 e. The molecule has 0 N–H and O–H groups in total. The van der Waals surface area contributed by atoms with E-state index in [4.69, 9.17) is 0 Å². The third-order valence-corrected chi connectivity index (χ3v) is 1.43. The van der Waals surface area contributed by atoms with Gasteiger partial charge in [0.05, 0.1) is 5.56 Å². The molecule has 0 aliphatic rings. The van der Waals surface area contributed by atoms with Gasteiger partial charge in [-0.15, -0.1) is 13.2 Å². The number of halogens is 6. The van der Waals surface area contributed by atoms with Crippen molar-refractivity contribution in [3.8, 4) is 5.75 Å². The zero-order chi connectivity index (χ0) is 11.6. The average Bonchev–Trinajstić information content (AvgIpc) is 2.05. The standard InChI is InChI=1S/C8H4F6O/c9-4-1-2-6(15-8(12,13)14)5(3-4)7(10)11/h1-3,7H. The van der Waals surface area contributed by atoms with E-state index < -0.39 is 29.9 Å². The van der Waals surface area contributed by atoms with Crippen LogP contribution in [-0.4, -0.2) is 6.36 Å². The van der Waals surface area contributed by atoms with Crippen LogP contribution in [0.4, 0.5) is 26.3 Å². The molecule has 0 spiro atoms. The van der Waals surface area contributed by atoms with Crippen LogP contribution in [0.1, 0.15) is 12.0 Å². The van der Waals surface area contributed by atoms with Gasteiger partial charge >= 0.3 is 6.36 Å². The molecule has 0 aliphatic heterocycles. The van der Waals surface area contributed by atoms with Crippen molar-refractivity contribution in [1.29, 1.82) is 0 Å². The number of alkyl halides is 5. The van der Waals surface area contributed by atoms with Crippen molar-refractivity contribution in [2.24, 2.45) is 0 Å². The second kappa shape index (κ2) is 4.00. The maximum absolute atomic E-state index is 12.5. The van der Waals surface area contributed by atoms with Crippen LogP contribution in [0.5, 0.6) is 5.75 Å². The van der Waals surface area contributed by atoms with Crippen LogP contribution in [0.3, 0.4) is 0 Å². The molecule has 0 saturated heterocycles. The molecule has 1 rings (SSSR count). The molecule has 0 heterocycles. The molecule has 0 aliphatic carbocycles. The lowest BCUT2D eigenvalue weighted by atomic mass is 10.2. The van der Waals surface area contributed by atoms with E-state index in [9.17, 15) is 26.3 Å². The summed E-state index contributed by atoms with van der Waals surface area (Å²) in [4.78, 5) is 0. The fourth-order valence-electron chi connectivity index (χ4n) is 0.907. The number of benzene rings is 1. The molecular weight excluding hydrogens is 226 g/mol. The van der Waals surface area contributed by atoms with E-state index in [1.165, 1.54) is 0 Å². The molecule has 0 saturated carbocycles. The van der Waals surface area contributed by atoms with Crippen LogP contribution in [0, 0.1) is 5.82 Å². The summed E-state index contributed by atoms with van der Waals surface area (Å²) in [6.07, 6.45) is -8.32. The summed E-state index contributed by atoms with van der Waals surface area (Å²) >= 11 is 0. The summed E-state index contributed by atoms with van der Waals surface area (Å²) in [6.45, 7) is 0. The summed E-state index contributed by atoms with van der Waals surface area (Å²) in [7, 11) is 0. The summed E-state index contributed by atoms with van der Waals surface area (Å²) in [5.74, 6) is -2.15. The highest BCUT2D eigenvalue weighted by Gasteiger charge is 2.33. The molecule has 0 bridgehead atoms.